The van der Waals surface area contributed by atoms with Crippen molar-refractivity contribution >= 4 is 11.6 Å². The van der Waals surface area contributed by atoms with Crippen LogP contribution >= 0.6 is 0 Å². The largest absolute Gasteiger partial charge is 0.384 e. The minimum atomic E-state index is -0.101. The standard InChI is InChI=1S/C15H24N4O/c1-3-8-16-12-4-7-14(18-11-12)15(20)17-9-10-19(2)13-5-6-13/h4,7,11,13,16H,3,5-6,8-10H2,1-2H3,(H,17,20). The normalized spacial score (nSPS) is 14.3. The van der Waals surface area contributed by atoms with Crippen molar-refractivity contribution in [2.45, 2.75) is 32.2 Å². The highest BCUT2D eigenvalue weighted by molar-refractivity contribution is 5.92. The number of nitrogens with zero attached hydrogens (tertiary/aromatic N) is 2. The molecule has 0 bridgehead atoms. The van der Waals surface area contributed by atoms with Gasteiger partial charge in [0.1, 0.15) is 5.69 Å². The van der Waals surface area contributed by atoms with Crippen LogP contribution in [0, 0.1) is 0 Å². The number of nitrogens with one attached hydrogen (secondary N) is 2. The van der Waals surface area contributed by atoms with Gasteiger partial charge in [0, 0.05) is 25.7 Å². The van der Waals surface area contributed by atoms with Crippen LogP contribution in [0.5, 0.6) is 0 Å². The Morgan fingerprint density at radius 1 is 1.40 bits per heavy atom. The molecule has 1 aromatic rings. The molecule has 0 atom stereocenters. The lowest BCUT2D eigenvalue weighted by atomic mass is 10.3. The number of aromatic nitrogens is 1. The number of hydrogen-bond acceptors (Lipinski definition) is 4. The Hall–Kier alpha value is -1.62. The van der Waals surface area contributed by atoms with E-state index in [1.165, 1.54) is 12.8 Å². The number of hydrogen-bond donors (Lipinski definition) is 2. The zero-order valence-electron chi connectivity index (χ0n) is 12.4. The molecule has 0 spiro atoms. The highest BCUT2D eigenvalue weighted by Gasteiger charge is 2.25. The first-order valence-corrected chi connectivity index (χ1v) is 7.39. The van der Waals surface area contributed by atoms with Crippen LogP contribution in [-0.4, -0.2) is 48.5 Å². The van der Waals surface area contributed by atoms with Crippen molar-refractivity contribution in [1.82, 2.24) is 15.2 Å². The third-order valence-electron chi connectivity index (χ3n) is 3.50. The molecule has 1 amide bonds. The summed E-state index contributed by atoms with van der Waals surface area (Å²) in [5.41, 5.74) is 1.43. The van der Waals surface area contributed by atoms with Gasteiger partial charge in [-0.1, -0.05) is 6.92 Å². The van der Waals surface area contributed by atoms with Crippen LogP contribution in [-0.2, 0) is 0 Å². The Balaban J connectivity index is 1.73. The van der Waals surface area contributed by atoms with E-state index < -0.39 is 0 Å². The maximum Gasteiger partial charge on any atom is 0.269 e. The molecule has 20 heavy (non-hydrogen) atoms. The van der Waals surface area contributed by atoms with Gasteiger partial charge in [-0.25, -0.2) is 4.98 Å². The zero-order chi connectivity index (χ0) is 14.4. The van der Waals surface area contributed by atoms with Gasteiger partial charge in [-0.2, -0.15) is 0 Å². The summed E-state index contributed by atoms with van der Waals surface area (Å²) < 4.78 is 0. The molecule has 110 valence electrons. The average Bonchev–Trinajstić information content (AvgIpc) is 3.30. The third kappa shape index (κ3) is 4.49. The zero-order valence-corrected chi connectivity index (χ0v) is 12.4. The number of carbonyl (C=O) groups is 1. The monoisotopic (exact) mass is 276 g/mol. The van der Waals surface area contributed by atoms with Crippen molar-refractivity contribution in [3.8, 4) is 0 Å². The molecule has 1 saturated carbocycles. The summed E-state index contributed by atoms with van der Waals surface area (Å²) in [4.78, 5) is 18.4. The first-order valence-electron chi connectivity index (χ1n) is 7.39. The number of likely N-dealkylation sites (N-methyl/N-ethyl adjacent to an activating group) is 1. The van der Waals surface area contributed by atoms with E-state index in [0.29, 0.717) is 12.2 Å². The van der Waals surface area contributed by atoms with Gasteiger partial charge < -0.3 is 15.5 Å². The summed E-state index contributed by atoms with van der Waals surface area (Å²) in [5.74, 6) is -0.101. The second-order valence-electron chi connectivity index (χ2n) is 5.33. The van der Waals surface area contributed by atoms with E-state index in [1.807, 2.05) is 6.07 Å². The highest BCUT2D eigenvalue weighted by Crippen LogP contribution is 2.24. The highest BCUT2D eigenvalue weighted by atomic mass is 16.1. The summed E-state index contributed by atoms with van der Waals surface area (Å²) >= 11 is 0. The van der Waals surface area contributed by atoms with Gasteiger partial charge >= 0.3 is 0 Å². The molecule has 1 aromatic heterocycles. The average molecular weight is 276 g/mol. The number of rotatable bonds is 8. The fourth-order valence-corrected chi connectivity index (χ4v) is 2.04. The molecule has 5 heteroatoms. The lowest BCUT2D eigenvalue weighted by Crippen LogP contribution is -2.34. The molecule has 0 radical (unpaired) electrons. The van der Waals surface area contributed by atoms with E-state index in [9.17, 15) is 4.79 Å². The van der Waals surface area contributed by atoms with Crippen molar-refractivity contribution in [2.24, 2.45) is 0 Å². The van der Waals surface area contributed by atoms with Gasteiger partial charge in [0.05, 0.1) is 11.9 Å². The minimum Gasteiger partial charge on any atom is -0.384 e. The van der Waals surface area contributed by atoms with Crippen LogP contribution < -0.4 is 10.6 Å². The molecule has 5 nitrogen and oxygen atoms in total. The molecule has 1 aliphatic rings. The first-order chi connectivity index (χ1) is 9.70. The molecule has 0 saturated heterocycles. The second kappa shape index (κ2) is 7.24. The molecule has 0 aliphatic heterocycles. The van der Waals surface area contributed by atoms with Crippen LogP contribution in [0.3, 0.4) is 0 Å². The third-order valence-corrected chi connectivity index (χ3v) is 3.50. The second-order valence-corrected chi connectivity index (χ2v) is 5.33. The van der Waals surface area contributed by atoms with E-state index in [0.717, 1.165) is 31.2 Å². The van der Waals surface area contributed by atoms with Gasteiger partial charge in [0.25, 0.3) is 5.91 Å². The van der Waals surface area contributed by atoms with Crippen LogP contribution in [0.15, 0.2) is 18.3 Å². The predicted octanol–water partition coefficient (Wildman–Crippen LogP) is 1.73. The maximum absolute atomic E-state index is 11.9. The topological polar surface area (TPSA) is 57.3 Å². The Morgan fingerprint density at radius 3 is 2.80 bits per heavy atom. The van der Waals surface area contributed by atoms with Gasteiger partial charge in [0.15, 0.2) is 0 Å². The lowest BCUT2D eigenvalue weighted by Gasteiger charge is -2.15. The van der Waals surface area contributed by atoms with Crippen LogP contribution in [0.25, 0.3) is 0 Å². The van der Waals surface area contributed by atoms with E-state index in [4.69, 9.17) is 0 Å². The number of pyridine rings is 1. The SMILES string of the molecule is CCCNc1ccc(C(=O)NCCN(C)C2CC2)nc1. The van der Waals surface area contributed by atoms with Gasteiger partial charge in [-0.15, -0.1) is 0 Å². The Morgan fingerprint density at radius 2 is 2.20 bits per heavy atom. The Bertz CT molecular complexity index is 428. The maximum atomic E-state index is 11.9. The first kappa shape index (κ1) is 14.8. The van der Waals surface area contributed by atoms with Crippen molar-refractivity contribution in [3.63, 3.8) is 0 Å². The van der Waals surface area contributed by atoms with Crippen LogP contribution in [0.2, 0.25) is 0 Å². The Labute approximate surface area is 120 Å². The molecule has 2 rings (SSSR count). The molecule has 0 unspecified atom stereocenters. The van der Waals surface area contributed by atoms with Gasteiger partial charge in [0.2, 0.25) is 0 Å². The van der Waals surface area contributed by atoms with Crippen molar-refractivity contribution in [1.29, 1.82) is 0 Å². The summed E-state index contributed by atoms with van der Waals surface area (Å²) in [6.07, 6.45) is 5.36. The van der Waals surface area contributed by atoms with Crippen molar-refractivity contribution in [3.05, 3.63) is 24.0 Å². The van der Waals surface area contributed by atoms with E-state index in [2.05, 4.69) is 34.5 Å². The predicted molar refractivity (Wildman–Crippen MR) is 81.0 cm³/mol. The van der Waals surface area contributed by atoms with Crippen molar-refractivity contribution in [2.75, 3.05) is 32.0 Å². The van der Waals surface area contributed by atoms with Gasteiger partial charge in [-0.3, -0.25) is 4.79 Å². The lowest BCUT2D eigenvalue weighted by molar-refractivity contribution is 0.0944. The molecule has 1 fully saturated rings. The van der Waals surface area contributed by atoms with Gasteiger partial charge in [-0.05, 0) is 38.4 Å². The summed E-state index contributed by atoms with van der Waals surface area (Å²) in [5, 5.41) is 6.15. The molecule has 2 N–H and O–H groups in total. The summed E-state index contributed by atoms with van der Waals surface area (Å²) in [7, 11) is 2.11. The smallest absolute Gasteiger partial charge is 0.269 e. The molecule has 1 aliphatic carbocycles. The number of carbonyl (C=O) groups excluding carboxylic acids is 1. The number of amides is 1. The van der Waals surface area contributed by atoms with E-state index in [1.54, 1.807) is 12.3 Å². The molecular weight excluding hydrogens is 252 g/mol. The quantitative estimate of drug-likeness (QED) is 0.759. The van der Waals surface area contributed by atoms with Crippen LogP contribution in [0.1, 0.15) is 36.7 Å². The van der Waals surface area contributed by atoms with Crippen molar-refractivity contribution < 1.29 is 4.79 Å². The van der Waals surface area contributed by atoms with E-state index in [-0.39, 0.29) is 5.91 Å². The summed E-state index contributed by atoms with van der Waals surface area (Å²) in [6, 6.07) is 4.39. The molecular formula is C15H24N4O. The fraction of sp³-hybridized carbons (Fsp3) is 0.600. The fourth-order valence-electron chi connectivity index (χ4n) is 2.04. The number of anilines is 1. The van der Waals surface area contributed by atoms with Crippen LogP contribution in [0.4, 0.5) is 5.69 Å². The molecule has 0 aromatic carbocycles. The summed E-state index contributed by atoms with van der Waals surface area (Å²) in [6.45, 7) is 4.59. The minimum absolute atomic E-state index is 0.101. The molecule has 1 heterocycles. The Kier molecular flexibility index (Phi) is 5.35. The van der Waals surface area contributed by atoms with E-state index >= 15 is 0 Å².